The lowest BCUT2D eigenvalue weighted by atomic mass is 10.0. The third-order valence-electron chi connectivity index (χ3n) is 2.87. The molecule has 0 bridgehead atoms. The third-order valence-corrected chi connectivity index (χ3v) is 4.71. The molecule has 0 aliphatic carbocycles. The van der Waals surface area contributed by atoms with Gasteiger partial charge in [0.05, 0.1) is 0 Å². The predicted octanol–water partition coefficient (Wildman–Crippen LogP) is 2.49. The molecule has 0 aromatic heterocycles. The van der Waals surface area contributed by atoms with E-state index in [-0.39, 0.29) is 11.8 Å². The Kier molecular flexibility index (Phi) is 6.18. The second-order valence-corrected chi connectivity index (χ2v) is 7.46. The van der Waals surface area contributed by atoms with Crippen LogP contribution in [0, 0.1) is 0 Å². The van der Waals surface area contributed by atoms with E-state index >= 15 is 0 Å². The largest absolute Gasteiger partial charge is 0.313 e. The highest BCUT2D eigenvalue weighted by atomic mass is 32.2. The van der Waals surface area contributed by atoms with Crippen molar-refractivity contribution in [1.82, 2.24) is 5.32 Å². The summed E-state index contributed by atoms with van der Waals surface area (Å²) in [6, 6.07) is 8.47. The fraction of sp³-hybridized carbons (Fsp3) is 0.538. The van der Waals surface area contributed by atoms with Crippen LogP contribution in [0.3, 0.4) is 0 Å². The van der Waals surface area contributed by atoms with Gasteiger partial charge in [-0.05, 0) is 37.8 Å². The van der Waals surface area contributed by atoms with Gasteiger partial charge in [0.25, 0.3) is 0 Å². The minimum absolute atomic E-state index is 0.218. The Morgan fingerprint density at radius 2 is 2.00 bits per heavy atom. The number of hydrogen-bond donors (Lipinski definition) is 1. The fourth-order valence-corrected chi connectivity index (χ4v) is 3.31. The highest BCUT2D eigenvalue weighted by Crippen LogP contribution is 2.28. The zero-order chi connectivity index (χ0) is 13.6. The zero-order valence-corrected chi connectivity index (χ0v) is 12.8. The first-order chi connectivity index (χ1) is 8.48. The molecule has 1 N–H and O–H groups in total. The predicted molar refractivity (Wildman–Crippen MR) is 79.0 cm³/mol. The van der Waals surface area contributed by atoms with Crippen LogP contribution in [0.15, 0.2) is 29.2 Å². The van der Waals surface area contributed by atoms with E-state index in [1.165, 1.54) is 16.7 Å². The quantitative estimate of drug-likeness (QED) is 0.783. The molecule has 3 nitrogen and oxygen atoms in total. The van der Waals surface area contributed by atoms with Gasteiger partial charge in [0, 0.05) is 22.9 Å². The molecule has 1 aromatic carbocycles. The lowest BCUT2D eigenvalue weighted by molar-refractivity contribution is 0.530. The maximum Gasteiger partial charge on any atom is 0.147 e. The summed E-state index contributed by atoms with van der Waals surface area (Å²) in [5, 5.41) is 3.27. The molecule has 0 aliphatic heterocycles. The standard InChI is InChI=1S/C13H21NO2S2/c1-14-12(8-6-10-18(3,15)16)11-7-4-5-9-13(11)17-2/h4-5,7,9,12,14H,6,8,10H2,1-3H3. The van der Waals surface area contributed by atoms with Crippen molar-refractivity contribution in [3.8, 4) is 0 Å². The van der Waals surface area contributed by atoms with Gasteiger partial charge in [0.1, 0.15) is 9.84 Å². The van der Waals surface area contributed by atoms with E-state index in [1.807, 2.05) is 19.2 Å². The molecule has 18 heavy (non-hydrogen) atoms. The van der Waals surface area contributed by atoms with Crippen LogP contribution >= 0.6 is 11.8 Å². The Morgan fingerprint density at radius 1 is 1.33 bits per heavy atom. The Labute approximate surface area is 114 Å². The second-order valence-electron chi connectivity index (χ2n) is 4.36. The van der Waals surface area contributed by atoms with Gasteiger partial charge in [0.2, 0.25) is 0 Å². The van der Waals surface area contributed by atoms with E-state index in [9.17, 15) is 8.42 Å². The van der Waals surface area contributed by atoms with E-state index in [2.05, 4.69) is 23.7 Å². The first-order valence-electron chi connectivity index (χ1n) is 5.96. The second kappa shape index (κ2) is 7.16. The Morgan fingerprint density at radius 3 is 2.56 bits per heavy atom. The van der Waals surface area contributed by atoms with Crippen molar-refractivity contribution in [3.05, 3.63) is 29.8 Å². The molecule has 0 saturated carbocycles. The summed E-state index contributed by atoms with van der Waals surface area (Å²) in [6.45, 7) is 0. The summed E-state index contributed by atoms with van der Waals surface area (Å²) in [4.78, 5) is 1.25. The molecular formula is C13H21NO2S2. The van der Waals surface area contributed by atoms with Crippen LogP contribution in [0.25, 0.3) is 0 Å². The summed E-state index contributed by atoms with van der Waals surface area (Å²) in [7, 11) is -0.940. The van der Waals surface area contributed by atoms with Crippen LogP contribution in [0.5, 0.6) is 0 Å². The first-order valence-corrected chi connectivity index (χ1v) is 9.24. The van der Waals surface area contributed by atoms with Gasteiger partial charge in [-0.15, -0.1) is 11.8 Å². The zero-order valence-electron chi connectivity index (χ0n) is 11.1. The topological polar surface area (TPSA) is 46.2 Å². The van der Waals surface area contributed by atoms with Crippen LogP contribution < -0.4 is 5.32 Å². The maximum absolute atomic E-state index is 11.1. The van der Waals surface area contributed by atoms with Crippen LogP contribution in [-0.4, -0.2) is 33.7 Å². The SMILES string of the molecule is CNC(CCCS(C)(=O)=O)c1ccccc1SC. The molecule has 0 heterocycles. The molecule has 0 spiro atoms. The number of rotatable bonds is 7. The van der Waals surface area contributed by atoms with Gasteiger partial charge in [-0.25, -0.2) is 8.42 Å². The average molecular weight is 287 g/mol. The summed E-state index contributed by atoms with van der Waals surface area (Å²) in [5.41, 5.74) is 1.25. The summed E-state index contributed by atoms with van der Waals surface area (Å²) < 4.78 is 22.3. The van der Waals surface area contributed by atoms with E-state index in [0.717, 1.165) is 6.42 Å². The average Bonchev–Trinajstić information content (AvgIpc) is 2.33. The molecule has 0 radical (unpaired) electrons. The summed E-state index contributed by atoms with van der Waals surface area (Å²) in [5.74, 6) is 0.257. The molecule has 1 unspecified atom stereocenters. The molecular weight excluding hydrogens is 266 g/mol. The van der Waals surface area contributed by atoms with Crippen molar-refractivity contribution in [2.75, 3.05) is 25.3 Å². The Balaban J connectivity index is 2.71. The van der Waals surface area contributed by atoms with E-state index in [4.69, 9.17) is 0 Å². The number of nitrogens with one attached hydrogen (secondary N) is 1. The summed E-state index contributed by atoms with van der Waals surface area (Å²) >= 11 is 1.72. The normalized spacial score (nSPS) is 13.5. The molecule has 0 fully saturated rings. The van der Waals surface area contributed by atoms with Crippen molar-refractivity contribution >= 4 is 21.6 Å². The van der Waals surface area contributed by atoms with Crippen LogP contribution in [0.2, 0.25) is 0 Å². The van der Waals surface area contributed by atoms with Gasteiger partial charge in [0.15, 0.2) is 0 Å². The lowest BCUT2D eigenvalue weighted by Gasteiger charge is -2.19. The van der Waals surface area contributed by atoms with E-state index in [0.29, 0.717) is 6.42 Å². The monoisotopic (exact) mass is 287 g/mol. The van der Waals surface area contributed by atoms with Gasteiger partial charge < -0.3 is 5.32 Å². The third kappa shape index (κ3) is 5.00. The minimum atomic E-state index is -2.86. The minimum Gasteiger partial charge on any atom is -0.313 e. The highest BCUT2D eigenvalue weighted by Gasteiger charge is 2.13. The molecule has 0 amide bonds. The molecule has 1 atom stereocenters. The van der Waals surface area contributed by atoms with Crippen LogP contribution in [0.4, 0.5) is 0 Å². The van der Waals surface area contributed by atoms with Crippen molar-refractivity contribution in [2.24, 2.45) is 0 Å². The summed E-state index contributed by atoms with van der Waals surface area (Å²) in [6.07, 6.45) is 4.87. The number of sulfone groups is 1. The molecule has 1 rings (SSSR count). The van der Waals surface area contributed by atoms with Crippen molar-refractivity contribution in [3.63, 3.8) is 0 Å². The number of hydrogen-bond acceptors (Lipinski definition) is 4. The van der Waals surface area contributed by atoms with Crippen LogP contribution in [-0.2, 0) is 9.84 Å². The Hall–Kier alpha value is -0.520. The van der Waals surface area contributed by atoms with Crippen molar-refractivity contribution in [1.29, 1.82) is 0 Å². The van der Waals surface area contributed by atoms with Gasteiger partial charge in [-0.3, -0.25) is 0 Å². The maximum atomic E-state index is 11.1. The first kappa shape index (κ1) is 15.5. The van der Waals surface area contributed by atoms with Crippen molar-refractivity contribution < 1.29 is 8.42 Å². The molecule has 102 valence electrons. The molecule has 0 aliphatic rings. The highest BCUT2D eigenvalue weighted by molar-refractivity contribution is 7.98. The van der Waals surface area contributed by atoms with Gasteiger partial charge >= 0.3 is 0 Å². The van der Waals surface area contributed by atoms with E-state index < -0.39 is 9.84 Å². The van der Waals surface area contributed by atoms with Crippen LogP contribution in [0.1, 0.15) is 24.4 Å². The molecule has 5 heteroatoms. The number of thioether (sulfide) groups is 1. The van der Waals surface area contributed by atoms with Gasteiger partial charge in [-0.2, -0.15) is 0 Å². The fourth-order valence-electron chi connectivity index (χ4n) is 1.96. The number of benzene rings is 1. The Bertz CT molecular complexity index is 472. The lowest BCUT2D eigenvalue weighted by Crippen LogP contribution is -2.18. The molecule has 1 aromatic rings. The smallest absolute Gasteiger partial charge is 0.147 e. The van der Waals surface area contributed by atoms with E-state index in [1.54, 1.807) is 11.8 Å². The van der Waals surface area contributed by atoms with Gasteiger partial charge in [-0.1, -0.05) is 18.2 Å². The van der Waals surface area contributed by atoms with Crippen molar-refractivity contribution in [2.45, 2.75) is 23.8 Å². The molecule has 0 saturated heterocycles.